The molecule has 25 heavy (non-hydrogen) atoms. The lowest BCUT2D eigenvalue weighted by molar-refractivity contribution is 0.712. The second-order valence-corrected chi connectivity index (χ2v) is 9.71. The SMILES string of the molecule is CCCCCC(C)=C[Si](C=C(C)CCCCC)C=C(C)CCCCC. The van der Waals surface area contributed by atoms with Gasteiger partial charge in [0.05, 0.1) is 0 Å². The van der Waals surface area contributed by atoms with Crippen molar-refractivity contribution in [1.82, 2.24) is 0 Å². The molecule has 0 fully saturated rings. The van der Waals surface area contributed by atoms with Gasteiger partial charge in [0.25, 0.3) is 0 Å². The fourth-order valence-electron chi connectivity index (χ4n) is 3.16. The van der Waals surface area contributed by atoms with Crippen molar-refractivity contribution >= 4 is 8.80 Å². The third-order valence-corrected chi connectivity index (χ3v) is 7.24. The second-order valence-electron chi connectivity index (χ2n) is 7.84. The molecule has 0 atom stereocenters. The quantitative estimate of drug-likeness (QED) is 0.202. The highest BCUT2D eigenvalue weighted by atomic mass is 28.3. The standard InChI is InChI=1S/C24H45Si/c1-7-10-13-16-22(4)19-25(20-23(5)17-14-11-8-2)21-24(6)18-15-12-9-3/h19-21H,7-18H2,1-6H3. The predicted molar refractivity (Wildman–Crippen MR) is 119 cm³/mol. The van der Waals surface area contributed by atoms with E-state index >= 15 is 0 Å². The molecule has 1 heteroatoms. The first-order valence-corrected chi connectivity index (χ1v) is 12.6. The van der Waals surface area contributed by atoms with Crippen molar-refractivity contribution in [2.45, 2.75) is 119 Å². The lowest BCUT2D eigenvalue weighted by Gasteiger charge is -2.09. The first-order chi connectivity index (χ1) is 12.0. The Bertz CT molecular complexity index is 339. The van der Waals surface area contributed by atoms with E-state index in [2.05, 4.69) is 58.6 Å². The highest BCUT2D eigenvalue weighted by Crippen LogP contribution is 2.15. The molecule has 0 bridgehead atoms. The molecule has 0 aliphatic carbocycles. The van der Waals surface area contributed by atoms with Crippen molar-refractivity contribution in [3.63, 3.8) is 0 Å². The summed E-state index contributed by atoms with van der Waals surface area (Å²) in [6.45, 7) is 13.9. The van der Waals surface area contributed by atoms with Crippen molar-refractivity contribution < 1.29 is 0 Å². The molecule has 0 aromatic heterocycles. The molecule has 0 N–H and O–H groups in total. The minimum Gasteiger partial charge on any atom is -0.0892 e. The summed E-state index contributed by atoms with van der Waals surface area (Å²) in [5, 5.41) is 0. The summed E-state index contributed by atoms with van der Waals surface area (Å²) in [5.41, 5.74) is 12.7. The second kappa shape index (κ2) is 16.9. The van der Waals surface area contributed by atoms with Crippen LogP contribution in [0.15, 0.2) is 33.8 Å². The van der Waals surface area contributed by atoms with Crippen LogP contribution >= 0.6 is 0 Å². The Morgan fingerprint density at radius 1 is 0.520 bits per heavy atom. The number of unbranched alkanes of at least 4 members (excludes halogenated alkanes) is 6. The van der Waals surface area contributed by atoms with Crippen LogP contribution in [0.1, 0.15) is 119 Å². The zero-order valence-corrected chi connectivity index (χ0v) is 19.2. The lowest BCUT2D eigenvalue weighted by Crippen LogP contribution is -2.06. The van der Waals surface area contributed by atoms with E-state index in [0.29, 0.717) is 0 Å². The van der Waals surface area contributed by atoms with Crippen LogP contribution in [0.3, 0.4) is 0 Å². The summed E-state index contributed by atoms with van der Waals surface area (Å²) in [7, 11) is -0.638. The molecule has 0 amide bonds. The molecule has 145 valence electrons. The first-order valence-electron chi connectivity index (χ1n) is 10.9. The molecule has 0 aliphatic rings. The fraction of sp³-hybridized carbons (Fsp3) is 0.750. The molecule has 0 aromatic rings. The Morgan fingerprint density at radius 2 is 0.800 bits per heavy atom. The maximum Gasteiger partial charge on any atom is 0.131 e. The summed E-state index contributed by atoms with van der Waals surface area (Å²) in [6, 6.07) is 0. The normalized spacial score (nSPS) is 13.8. The zero-order chi connectivity index (χ0) is 18.9. The minimum atomic E-state index is -0.638. The summed E-state index contributed by atoms with van der Waals surface area (Å²) < 4.78 is 0. The fourth-order valence-corrected chi connectivity index (χ4v) is 5.55. The van der Waals surface area contributed by atoms with E-state index < -0.39 is 8.80 Å². The Balaban J connectivity index is 4.93. The van der Waals surface area contributed by atoms with Crippen LogP contribution in [0.4, 0.5) is 0 Å². The molecular formula is C24H45Si. The topological polar surface area (TPSA) is 0 Å². The van der Waals surface area contributed by atoms with Gasteiger partial charge < -0.3 is 0 Å². The van der Waals surface area contributed by atoms with E-state index in [1.54, 1.807) is 16.7 Å². The van der Waals surface area contributed by atoms with E-state index in [1.807, 2.05) is 0 Å². The largest absolute Gasteiger partial charge is 0.131 e. The molecule has 0 aliphatic heterocycles. The van der Waals surface area contributed by atoms with Gasteiger partial charge in [0.1, 0.15) is 8.80 Å². The number of hydrogen-bond acceptors (Lipinski definition) is 0. The molecule has 0 nitrogen and oxygen atoms in total. The van der Waals surface area contributed by atoms with Crippen LogP contribution in [0.2, 0.25) is 0 Å². The van der Waals surface area contributed by atoms with Gasteiger partial charge in [-0.05, 0) is 59.3 Å². The molecule has 0 saturated heterocycles. The van der Waals surface area contributed by atoms with Crippen LogP contribution < -0.4 is 0 Å². The lowest BCUT2D eigenvalue weighted by atomic mass is 10.1. The van der Waals surface area contributed by atoms with Crippen LogP contribution in [0.25, 0.3) is 0 Å². The Kier molecular flexibility index (Phi) is 16.5. The maximum atomic E-state index is 2.62. The van der Waals surface area contributed by atoms with Crippen LogP contribution in [0, 0.1) is 0 Å². The molecule has 0 saturated carbocycles. The minimum absolute atomic E-state index is 0.638. The number of hydrogen-bond donors (Lipinski definition) is 0. The Hall–Kier alpha value is -0.563. The molecule has 0 heterocycles. The molecule has 0 spiro atoms. The average molecular weight is 362 g/mol. The zero-order valence-electron chi connectivity index (χ0n) is 18.2. The van der Waals surface area contributed by atoms with Gasteiger partial charge >= 0.3 is 0 Å². The van der Waals surface area contributed by atoms with Gasteiger partial charge in [0, 0.05) is 0 Å². The highest BCUT2D eigenvalue weighted by Gasteiger charge is 2.05. The third-order valence-electron chi connectivity index (χ3n) is 4.76. The van der Waals surface area contributed by atoms with E-state index in [-0.39, 0.29) is 0 Å². The van der Waals surface area contributed by atoms with Gasteiger partial charge in [-0.2, -0.15) is 0 Å². The van der Waals surface area contributed by atoms with E-state index in [0.717, 1.165) is 0 Å². The van der Waals surface area contributed by atoms with Gasteiger partial charge in [-0.1, -0.05) is 93.1 Å². The van der Waals surface area contributed by atoms with Crippen LogP contribution in [-0.2, 0) is 0 Å². The first kappa shape index (κ1) is 24.4. The average Bonchev–Trinajstić information content (AvgIpc) is 2.55. The van der Waals surface area contributed by atoms with Crippen molar-refractivity contribution in [1.29, 1.82) is 0 Å². The van der Waals surface area contributed by atoms with Crippen molar-refractivity contribution in [2.24, 2.45) is 0 Å². The van der Waals surface area contributed by atoms with Crippen molar-refractivity contribution in [2.75, 3.05) is 0 Å². The molecule has 1 radical (unpaired) electrons. The molecule has 0 rings (SSSR count). The van der Waals surface area contributed by atoms with E-state index in [4.69, 9.17) is 0 Å². The molecule has 0 aromatic carbocycles. The van der Waals surface area contributed by atoms with Gasteiger partial charge in [0.15, 0.2) is 0 Å². The van der Waals surface area contributed by atoms with Crippen LogP contribution in [-0.4, -0.2) is 8.80 Å². The molecule has 0 unspecified atom stereocenters. The maximum absolute atomic E-state index is 2.62. The molecular weight excluding hydrogens is 316 g/mol. The smallest absolute Gasteiger partial charge is 0.0892 e. The Labute approximate surface area is 161 Å². The highest BCUT2D eigenvalue weighted by molar-refractivity contribution is 6.74. The summed E-state index contributed by atoms with van der Waals surface area (Å²) >= 11 is 0. The van der Waals surface area contributed by atoms with Crippen LogP contribution in [0.5, 0.6) is 0 Å². The van der Waals surface area contributed by atoms with Gasteiger partial charge in [-0.3, -0.25) is 0 Å². The van der Waals surface area contributed by atoms with Gasteiger partial charge in [-0.25, -0.2) is 0 Å². The summed E-state index contributed by atoms with van der Waals surface area (Å²) in [6.07, 6.45) is 16.0. The summed E-state index contributed by atoms with van der Waals surface area (Å²) in [5.74, 6) is 0. The van der Waals surface area contributed by atoms with Gasteiger partial charge in [0.2, 0.25) is 0 Å². The van der Waals surface area contributed by atoms with Gasteiger partial charge in [-0.15, -0.1) is 0 Å². The number of allylic oxidation sites excluding steroid dienone is 3. The van der Waals surface area contributed by atoms with E-state index in [1.165, 1.54) is 77.0 Å². The van der Waals surface area contributed by atoms with Crippen molar-refractivity contribution in [3.8, 4) is 0 Å². The number of rotatable bonds is 15. The van der Waals surface area contributed by atoms with Crippen molar-refractivity contribution in [3.05, 3.63) is 33.8 Å². The van der Waals surface area contributed by atoms with E-state index in [9.17, 15) is 0 Å². The monoisotopic (exact) mass is 361 g/mol. The third kappa shape index (κ3) is 15.4. The Morgan fingerprint density at radius 3 is 1.04 bits per heavy atom. The summed E-state index contributed by atoms with van der Waals surface area (Å²) in [4.78, 5) is 0. The predicted octanol–water partition coefficient (Wildman–Crippen LogP) is 8.68.